The molecule has 0 unspecified atom stereocenters. The molecule has 14 heteroatoms. The smallest absolute Gasteiger partial charge is 0.323 e. The molecule has 0 saturated heterocycles. The number of urea groups is 2. The predicted molar refractivity (Wildman–Crippen MR) is 190 cm³/mol. The Bertz CT molecular complexity index is 1680. The first-order valence-electron chi connectivity index (χ1n) is 17.1. The Hall–Kier alpha value is -5.08. The summed E-state index contributed by atoms with van der Waals surface area (Å²) in [6.45, 7) is 6.27. The summed E-state index contributed by atoms with van der Waals surface area (Å²) in [4.78, 5) is 43.5. The molecule has 0 aliphatic carbocycles. The number of fused-ring (bicyclic) bond motifs is 2. The molecule has 0 bridgehead atoms. The number of benzene rings is 3. The highest BCUT2D eigenvalue weighted by molar-refractivity contribution is 6.02. The fourth-order valence-electron chi connectivity index (χ4n) is 5.84. The number of halogens is 1. The van der Waals surface area contributed by atoms with Gasteiger partial charge in [0, 0.05) is 55.8 Å². The molecule has 5 rings (SSSR count). The van der Waals surface area contributed by atoms with Crippen molar-refractivity contribution < 1.29 is 42.8 Å². The first-order valence-corrected chi connectivity index (χ1v) is 17.1. The number of nitrogens with zero attached hydrogens (tertiary/aromatic N) is 2. The van der Waals surface area contributed by atoms with Gasteiger partial charge in [0.05, 0.1) is 30.4 Å². The zero-order valence-electron chi connectivity index (χ0n) is 29.3. The van der Waals surface area contributed by atoms with Crippen LogP contribution in [-0.4, -0.2) is 91.3 Å². The molecule has 0 fully saturated rings. The van der Waals surface area contributed by atoms with E-state index in [0.29, 0.717) is 47.3 Å². The number of nitrogens with one attached hydrogen (secondary N) is 3. The fraction of sp³-hybridized carbons (Fsp3) is 0.432. The summed E-state index contributed by atoms with van der Waals surface area (Å²) in [6.07, 6.45) is 1.57. The van der Waals surface area contributed by atoms with Crippen molar-refractivity contribution in [3.8, 4) is 17.2 Å². The third-order valence-electron chi connectivity index (χ3n) is 8.84. The van der Waals surface area contributed by atoms with Crippen LogP contribution in [0.2, 0.25) is 0 Å². The maximum absolute atomic E-state index is 14.4. The van der Waals surface area contributed by atoms with Gasteiger partial charge in [0.25, 0.3) is 5.91 Å². The normalized spacial score (nSPS) is 19.9. The molecule has 3 aromatic rings. The molecule has 0 radical (unpaired) electrons. The number of aliphatic hydroxyl groups excluding tert-OH is 1. The van der Waals surface area contributed by atoms with Crippen molar-refractivity contribution in [2.75, 3.05) is 56.1 Å². The molecule has 4 N–H and O–H groups in total. The number of hydrogen-bond acceptors (Lipinski definition) is 8. The standard InChI is InChI=1S/C37H46FN5O8/c1-23-19-43(24(2)21-44)35(45)30-17-28(39-36(46)40-29-13-15-32-33(18-29)50-22-49-32)12-14-31(30)51-25(3)7-5-6-16-48-34(23)20-42(4)37(47)41-27-10-8-26(38)9-11-27/h8-15,17-18,23-25,34,44H,5-7,16,19-22H2,1-4H3,(H,41,47)(H2,39,40,46)/t23-,24+,25+,34-/m0/s1. The average Bonchev–Trinajstić information content (AvgIpc) is 3.58. The van der Waals surface area contributed by atoms with Gasteiger partial charge in [0.2, 0.25) is 6.79 Å². The van der Waals surface area contributed by atoms with Gasteiger partial charge in [0.1, 0.15) is 11.6 Å². The number of likely N-dealkylation sites (N-methyl/N-ethyl adjacent to an activating group) is 1. The monoisotopic (exact) mass is 707 g/mol. The van der Waals surface area contributed by atoms with Crippen LogP contribution in [0, 0.1) is 11.7 Å². The van der Waals surface area contributed by atoms with Crippen LogP contribution in [0.15, 0.2) is 60.7 Å². The summed E-state index contributed by atoms with van der Waals surface area (Å²) in [7, 11) is 1.64. The Morgan fingerprint density at radius 3 is 2.33 bits per heavy atom. The van der Waals surface area contributed by atoms with Gasteiger partial charge in [0.15, 0.2) is 11.5 Å². The van der Waals surface area contributed by atoms with Gasteiger partial charge in [-0.3, -0.25) is 4.79 Å². The van der Waals surface area contributed by atoms with Gasteiger partial charge < -0.3 is 49.8 Å². The number of carbonyl (C=O) groups is 3. The van der Waals surface area contributed by atoms with E-state index in [1.807, 2.05) is 13.8 Å². The number of ether oxygens (including phenoxy) is 4. The molecule has 0 saturated carbocycles. The summed E-state index contributed by atoms with van der Waals surface area (Å²) < 4.78 is 36.7. The second-order valence-electron chi connectivity index (χ2n) is 13.0. The van der Waals surface area contributed by atoms with Crippen molar-refractivity contribution >= 4 is 35.0 Å². The maximum Gasteiger partial charge on any atom is 0.323 e. The highest BCUT2D eigenvalue weighted by atomic mass is 19.1. The first kappa shape index (κ1) is 37.2. The Morgan fingerprint density at radius 1 is 0.941 bits per heavy atom. The SMILES string of the molecule is C[C@@H]1CCCCO[C@@H](CN(C)C(=O)Nc2ccc(F)cc2)[C@@H](C)CN([C@H](C)CO)C(=O)c2cc(NC(=O)Nc3ccc4c(c3)OCO4)ccc2O1. The number of aliphatic hydroxyl groups is 1. The minimum Gasteiger partial charge on any atom is -0.490 e. The highest BCUT2D eigenvalue weighted by Crippen LogP contribution is 2.34. The number of carbonyl (C=O) groups excluding carboxylic acids is 3. The molecule has 2 aliphatic heterocycles. The van der Waals surface area contributed by atoms with E-state index in [1.54, 1.807) is 55.3 Å². The molecule has 3 aromatic carbocycles. The van der Waals surface area contributed by atoms with Gasteiger partial charge >= 0.3 is 12.1 Å². The quantitative estimate of drug-likeness (QED) is 0.228. The van der Waals surface area contributed by atoms with E-state index < -0.39 is 35.9 Å². The minimum atomic E-state index is -0.579. The van der Waals surface area contributed by atoms with Gasteiger partial charge in [-0.05, 0) is 87.7 Å². The second-order valence-corrected chi connectivity index (χ2v) is 13.0. The van der Waals surface area contributed by atoms with Crippen molar-refractivity contribution in [3.05, 3.63) is 72.0 Å². The zero-order chi connectivity index (χ0) is 36.5. The lowest BCUT2D eigenvalue weighted by atomic mass is 10.0. The van der Waals surface area contributed by atoms with E-state index in [-0.39, 0.29) is 44.1 Å². The van der Waals surface area contributed by atoms with E-state index in [9.17, 15) is 23.9 Å². The van der Waals surface area contributed by atoms with Crippen molar-refractivity contribution in [2.45, 2.75) is 58.3 Å². The summed E-state index contributed by atoms with van der Waals surface area (Å²) in [6, 6.07) is 14.0. The average molecular weight is 708 g/mol. The zero-order valence-corrected chi connectivity index (χ0v) is 29.3. The lowest BCUT2D eigenvalue weighted by Crippen LogP contribution is -2.48. The molecule has 5 amide bonds. The molecule has 0 aromatic heterocycles. The van der Waals surface area contributed by atoms with Crippen LogP contribution < -0.4 is 30.2 Å². The third kappa shape index (κ3) is 10.0. The van der Waals surface area contributed by atoms with E-state index >= 15 is 0 Å². The number of rotatable bonds is 7. The predicted octanol–water partition coefficient (Wildman–Crippen LogP) is 6.16. The van der Waals surface area contributed by atoms with Crippen molar-refractivity contribution in [1.29, 1.82) is 0 Å². The molecule has 0 spiro atoms. The summed E-state index contributed by atoms with van der Waals surface area (Å²) in [5, 5.41) is 18.6. The summed E-state index contributed by atoms with van der Waals surface area (Å²) in [5.74, 6) is 0.398. The van der Waals surface area contributed by atoms with Crippen LogP contribution in [0.1, 0.15) is 50.4 Å². The Balaban J connectivity index is 1.35. The molecule has 13 nitrogen and oxygen atoms in total. The highest BCUT2D eigenvalue weighted by Gasteiger charge is 2.31. The molecule has 51 heavy (non-hydrogen) atoms. The lowest BCUT2D eigenvalue weighted by Gasteiger charge is -2.35. The second kappa shape index (κ2) is 17.2. The van der Waals surface area contributed by atoms with Crippen molar-refractivity contribution in [1.82, 2.24) is 9.80 Å². The Morgan fingerprint density at radius 2 is 1.61 bits per heavy atom. The number of hydrogen-bond donors (Lipinski definition) is 4. The largest absolute Gasteiger partial charge is 0.490 e. The first-order chi connectivity index (χ1) is 24.5. The minimum absolute atomic E-state index is 0.111. The number of anilines is 3. The van der Waals surface area contributed by atoms with Crippen LogP contribution in [0.5, 0.6) is 17.2 Å². The maximum atomic E-state index is 14.4. The van der Waals surface area contributed by atoms with Crippen LogP contribution in [0.25, 0.3) is 0 Å². The van der Waals surface area contributed by atoms with E-state index in [1.165, 1.54) is 29.2 Å². The summed E-state index contributed by atoms with van der Waals surface area (Å²) in [5.41, 5.74) is 1.53. The van der Waals surface area contributed by atoms with E-state index in [2.05, 4.69) is 16.0 Å². The van der Waals surface area contributed by atoms with Crippen LogP contribution >= 0.6 is 0 Å². The molecular weight excluding hydrogens is 661 g/mol. The van der Waals surface area contributed by atoms with E-state index in [4.69, 9.17) is 18.9 Å². The Kier molecular flexibility index (Phi) is 12.6. The third-order valence-corrected chi connectivity index (χ3v) is 8.84. The van der Waals surface area contributed by atoms with Crippen molar-refractivity contribution in [3.63, 3.8) is 0 Å². The van der Waals surface area contributed by atoms with E-state index in [0.717, 1.165) is 12.8 Å². The molecular formula is C37H46FN5O8. The molecule has 2 aliphatic rings. The van der Waals surface area contributed by atoms with Crippen LogP contribution in [0.3, 0.4) is 0 Å². The van der Waals surface area contributed by atoms with Crippen LogP contribution in [0.4, 0.5) is 31.0 Å². The molecule has 2 heterocycles. The topological polar surface area (TPSA) is 151 Å². The van der Waals surface area contributed by atoms with Crippen LogP contribution in [-0.2, 0) is 4.74 Å². The molecule has 274 valence electrons. The Labute approximate surface area is 297 Å². The van der Waals surface area contributed by atoms with Gasteiger partial charge in [-0.15, -0.1) is 0 Å². The fourth-order valence-corrected chi connectivity index (χ4v) is 5.84. The lowest BCUT2D eigenvalue weighted by molar-refractivity contribution is -0.0115. The number of amides is 5. The van der Waals surface area contributed by atoms with Gasteiger partial charge in [-0.2, -0.15) is 0 Å². The van der Waals surface area contributed by atoms with Crippen molar-refractivity contribution in [2.24, 2.45) is 5.92 Å². The van der Waals surface area contributed by atoms with Gasteiger partial charge in [-0.1, -0.05) is 6.92 Å². The van der Waals surface area contributed by atoms with Gasteiger partial charge in [-0.25, -0.2) is 14.0 Å². The molecule has 4 atom stereocenters. The summed E-state index contributed by atoms with van der Waals surface area (Å²) >= 11 is 0.